The van der Waals surface area contributed by atoms with Crippen LogP contribution in [0, 0.1) is 0 Å². The highest BCUT2D eigenvalue weighted by molar-refractivity contribution is 6.31. The van der Waals surface area contributed by atoms with E-state index in [0.717, 1.165) is 25.8 Å². The molecule has 2 N–H and O–H groups in total. The maximum absolute atomic E-state index is 12.4. The van der Waals surface area contributed by atoms with Gasteiger partial charge in [0, 0.05) is 17.1 Å². The number of hydrogen-bond acceptors (Lipinski definition) is 3. The standard InChI is InChI=1S/C15H21ClN2O2/c1-3-12(13-5-4-8-17-13)18-15(19)11-9-10(16)6-7-14(11)20-2/h6-7,9,12-13,17H,3-5,8H2,1-2H3,(H,18,19). The molecule has 20 heavy (non-hydrogen) atoms. The molecule has 0 spiro atoms. The number of benzene rings is 1. The molecule has 1 amide bonds. The molecule has 0 radical (unpaired) electrons. The van der Waals surface area contributed by atoms with Crippen LogP contribution in [0.3, 0.4) is 0 Å². The Morgan fingerprint density at radius 2 is 2.40 bits per heavy atom. The first-order valence-corrected chi connectivity index (χ1v) is 7.41. The maximum atomic E-state index is 12.4. The Kier molecular flexibility index (Phi) is 5.26. The maximum Gasteiger partial charge on any atom is 0.255 e. The normalized spacial score (nSPS) is 19.6. The van der Waals surface area contributed by atoms with Crippen molar-refractivity contribution in [3.05, 3.63) is 28.8 Å². The van der Waals surface area contributed by atoms with E-state index in [2.05, 4.69) is 17.6 Å². The van der Waals surface area contributed by atoms with Crippen LogP contribution in [-0.2, 0) is 0 Å². The number of methoxy groups -OCH3 is 1. The quantitative estimate of drug-likeness (QED) is 0.878. The third-order valence-corrected chi connectivity index (χ3v) is 3.98. The van der Waals surface area contributed by atoms with E-state index in [1.807, 2.05) is 0 Å². The van der Waals surface area contributed by atoms with Crippen LogP contribution < -0.4 is 15.4 Å². The van der Waals surface area contributed by atoms with E-state index < -0.39 is 0 Å². The predicted molar refractivity (Wildman–Crippen MR) is 80.6 cm³/mol. The van der Waals surface area contributed by atoms with Gasteiger partial charge in [0.25, 0.3) is 5.91 Å². The van der Waals surface area contributed by atoms with Crippen molar-refractivity contribution in [3.63, 3.8) is 0 Å². The summed E-state index contributed by atoms with van der Waals surface area (Å²) in [6.45, 7) is 3.11. The molecule has 1 aliphatic heterocycles. The van der Waals surface area contributed by atoms with Gasteiger partial charge < -0.3 is 15.4 Å². The first-order chi connectivity index (χ1) is 9.65. The molecule has 110 valence electrons. The van der Waals surface area contributed by atoms with Crippen molar-refractivity contribution >= 4 is 17.5 Å². The third-order valence-electron chi connectivity index (χ3n) is 3.75. The lowest BCUT2D eigenvalue weighted by Crippen LogP contribution is -2.47. The highest BCUT2D eigenvalue weighted by Crippen LogP contribution is 2.23. The van der Waals surface area contributed by atoms with E-state index in [0.29, 0.717) is 22.4 Å². The number of ether oxygens (including phenoxy) is 1. The van der Waals surface area contributed by atoms with Crippen LogP contribution in [0.5, 0.6) is 5.75 Å². The number of halogens is 1. The summed E-state index contributed by atoms with van der Waals surface area (Å²) in [7, 11) is 1.55. The van der Waals surface area contributed by atoms with Gasteiger partial charge in [-0.05, 0) is 44.0 Å². The lowest BCUT2D eigenvalue weighted by molar-refractivity contribution is 0.0924. The van der Waals surface area contributed by atoms with Crippen molar-refractivity contribution in [2.45, 2.75) is 38.3 Å². The molecule has 4 nitrogen and oxygen atoms in total. The summed E-state index contributed by atoms with van der Waals surface area (Å²) in [5, 5.41) is 7.05. The summed E-state index contributed by atoms with van der Waals surface area (Å²) in [5.74, 6) is 0.408. The van der Waals surface area contributed by atoms with Crippen LogP contribution in [0.25, 0.3) is 0 Å². The largest absolute Gasteiger partial charge is 0.496 e. The van der Waals surface area contributed by atoms with Gasteiger partial charge in [-0.1, -0.05) is 18.5 Å². The molecule has 1 fully saturated rings. The molecule has 1 heterocycles. The molecule has 0 saturated carbocycles. The molecule has 0 bridgehead atoms. The summed E-state index contributed by atoms with van der Waals surface area (Å²) in [5.41, 5.74) is 0.483. The van der Waals surface area contributed by atoms with Crippen molar-refractivity contribution in [2.24, 2.45) is 0 Å². The minimum Gasteiger partial charge on any atom is -0.496 e. The summed E-state index contributed by atoms with van der Waals surface area (Å²) >= 11 is 5.97. The van der Waals surface area contributed by atoms with Gasteiger partial charge in [-0.15, -0.1) is 0 Å². The van der Waals surface area contributed by atoms with Crippen LogP contribution in [0.1, 0.15) is 36.5 Å². The fourth-order valence-corrected chi connectivity index (χ4v) is 2.82. The highest BCUT2D eigenvalue weighted by Gasteiger charge is 2.25. The van der Waals surface area contributed by atoms with E-state index in [1.165, 1.54) is 0 Å². The van der Waals surface area contributed by atoms with Gasteiger partial charge in [0.1, 0.15) is 5.75 Å². The van der Waals surface area contributed by atoms with E-state index in [9.17, 15) is 4.79 Å². The molecule has 1 saturated heterocycles. The van der Waals surface area contributed by atoms with Gasteiger partial charge in [-0.2, -0.15) is 0 Å². The van der Waals surface area contributed by atoms with E-state index in [-0.39, 0.29) is 11.9 Å². The van der Waals surface area contributed by atoms with Gasteiger partial charge in [0.15, 0.2) is 0 Å². The second-order valence-electron chi connectivity index (χ2n) is 5.04. The molecule has 0 aromatic heterocycles. The molecule has 2 rings (SSSR count). The molecule has 1 aromatic rings. The number of hydrogen-bond donors (Lipinski definition) is 2. The third kappa shape index (κ3) is 3.44. The second-order valence-corrected chi connectivity index (χ2v) is 5.47. The fourth-order valence-electron chi connectivity index (χ4n) is 2.65. The molecule has 1 aliphatic rings. The summed E-state index contributed by atoms with van der Waals surface area (Å²) in [4.78, 5) is 12.4. The van der Waals surface area contributed by atoms with Crippen molar-refractivity contribution < 1.29 is 9.53 Å². The molecule has 2 atom stereocenters. The fraction of sp³-hybridized carbons (Fsp3) is 0.533. The number of amides is 1. The van der Waals surface area contributed by atoms with E-state index >= 15 is 0 Å². The Labute approximate surface area is 124 Å². The lowest BCUT2D eigenvalue weighted by Gasteiger charge is -2.24. The highest BCUT2D eigenvalue weighted by atomic mass is 35.5. The monoisotopic (exact) mass is 296 g/mol. The SMILES string of the molecule is CCC(NC(=O)c1cc(Cl)ccc1OC)C1CCCN1. The van der Waals surface area contributed by atoms with Gasteiger partial charge in [0.2, 0.25) is 0 Å². The summed E-state index contributed by atoms with van der Waals surface area (Å²) < 4.78 is 5.23. The Bertz CT molecular complexity index is 473. The van der Waals surface area contributed by atoms with Crippen molar-refractivity contribution in [2.75, 3.05) is 13.7 Å². The topological polar surface area (TPSA) is 50.4 Å². The number of carbonyl (C=O) groups is 1. The van der Waals surface area contributed by atoms with Crippen LogP contribution >= 0.6 is 11.6 Å². The zero-order valence-electron chi connectivity index (χ0n) is 11.9. The molecular formula is C15H21ClN2O2. The first-order valence-electron chi connectivity index (χ1n) is 7.03. The molecule has 5 heteroatoms. The Morgan fingerprint density at radius 3 is 3.00 bits per heavy atom. The molecule has 2 unspecified atom stereocenters. The zero-order valence-corrected chi connectivity index (χ0v) is 12.7. The number of rotatable bonds is 5. The number of carbonyl (C=O) groups excluding carboxylic acids is 1. The Balaban J connectivity index is 2.12. The molecule has 1 aromatic carbocycles. The minimum absolute atomic E-state index is 0.133. The molecule has 0 aliphatic carbocycles. The van der Waals surface area contributed by atoms with Gasteiger partial charge >= 0.3 is 0 Å². The average Bonchev–Trinajstić information content (AvgIpc) is 2.98. The Morgan fingerprint density at radius 1 is 1.60 bits per heavy atom. The van der Waals surface area contributed by atoms with Crippen molar-refractivity contribution in [1.29, 1.82) is 0 Å². The smallest absolute Gasteiger partial charge is 0.255 e. The van der Waals surface area contributed by atoms with Crippen LogP contribution in [0.4, 0.5) is 0 Å². The first kappa shape index (κ1) is 15.1. The van der Waals surface area contributed by atoms with Gasteiger partial charge in [-0.25, -0.2) is 0 Å². The van der Waals surface area contributed by atoms with Crippen molar-refractivity contribution in [3.8, 4) is 5.75 Å². The zero-order chi connectivity index (χ0) is 14.5. The van der Waals surface area contributed by atoms with Crippen LogP contribution in [0.2, 0.25) is 5.02 Å². The van der Waals surface area contributed by atoms with Crippen LogP contribution in [-0.4, -0.2) is 31.6 Å². The van der Waals surface area contributed by atoms with Crippen LogP contribution in [0.15, 0.2) is 18.2 Å². The minimum atomic E-state index is -0.134. The molecular weight excluding hydrogens is 276 g/mol. The van der Waals surface area contributed by atoms with Crippen molar-refractivity contribution in [1.82, 2.24) is 10.6 Å². The van der Waals surface area contributed by atoms with E-state index in [1.54, 1.807) is 25.3 Å². The van der Waals surface area contributed by atoms with Gasteiger partial charge in [0.05, 0.1) is 12.7 Å². The summed E-state index contributed by atoms with van der Waals surface area (Å²) in [6, 6.07) is 5.56. The second kappa shape index (κ2) is 6.95. The number of nitrogens with one attached hydrogen (secondary N) is 2. The Hall–Kier alpha value is -1.26. The predicted octanol–water partition coefficient (Wildman–Crippen LogP) is 2.61. The lowest BCUT2D eigenvalue weighted by atomic mass is 10.0. The average molecular weight is 297 g/mol. The van der Waals surface area contributed by atoms with E-state index in [4.69, 9.17) is 16.3 Å². The van der Waals surface area contributed by atoms with Gasteiger partial charge in [-0.3, -0.25) is 4.79 Å². The summed E-state index contributed by atoms with van der Waals surface area (Å²) in [6.07, 6.45) is 3.16.